The molecule has 0 saturated carbocycles. The minimum absolute atomic E-state index is 0.141. The molecule has 0 spiro atoms. The van der Waals surface area contributed by atoms with E-state index in [0.29, 0.717) is 28.5 Å². The normalized spacial score (nSPS) is 17.0. The Kier molecular flexibility index (Phi) is 6.78. The minimum atomic E-state index is -0.827. The monoisotopic (exact) mass is 447 g/mol. The fourth-order valence-electron chi connectivity index (χ4n) is 3.78. The van der Waals surface area contributed by atoms with E-state index in [1.807, 2.05) is 60.7 Å². The molecule has 0 fully saturated rings. The minimum Gasteiger partial charge on any atom is -0.496 e. The molecule has 7 nitrogen and oxygen atoms in total. The van der Waals surface area contributed by atoms with Gasteiger partial charge in [0.05, 0.1) is 26.9 Å². The molecule has 1 aliphatic rings. The predicted octanol–water partition coefficient (Wildman–Crippen LogP) is 4.55. The molecule has 1 aliphatic heterocycles. The Morgan fingerprint density at radius 3 is 2.06 bits per heavy atom. The molecule has 0 amide bonds. The summed E-state index contributed by atoms with van der Waals surface area (Å²) in [6.07, 6.45) is -0.652. The van der Waals surface area contributed by atoms with Crippen LogP contribution < -0.4 is 14.2 Å². The van der Waals surface area contributed by atoms with Crippen molar-refractivity contribution in [3.8, 4) is 17.2 Å². The summed E-state index contributed by atoms with van der Waals surface area (Å²) in [7, 11) is 4.62. The molecular weight excluding hydrogens is 422 g/mol. The van der Waals surface area contributed by atoms with E-state index in [-0.39, 0.29) is 6.61 Å². The topological polar surface area (TPSA) is 75.6 Å². The first-order valence-corrected chi connectivity index (χ1v) is 10.5. The van der Waals surface area contributed by atoms with E-state index >= 15 is 0 Å². The van der Waals surface area contributed by atoms with Crippen molar-refractivity contribution in [2.24, 2.45) is 11.1 Å². The lowest BCUT2D eigenvalue weighted by molar-refractivity contribution is -0.150. The molecule has 3 aromatic carbocycles. The summed E-state index contributed by atoms with van der Waals surface area (Å²) in [5.41, 5.74) is 2.59. The number of benzene rings is 3. The number of methoxy groups -OCH3 is 3. The number of nitrogens with zero attached hydrogens (tertiary/aromatic N) is 1. The highest BCUT2D eigenvalue weighted by Gasteiger charge is 2.45. The lowest BCUT2D eigenvalue weighted by Crippen LogP contribution is -2.29. The van der Waals surface area contributed by atoms with Gasteiger partial charge in [0, 0.05) is 12.1 Å². The van der Waals surface area contributed by atoms with E-state index in [1.165, 1.54) is 14.2 Å². The van der Waals surface area contributed by atoms with Crippen LogP contribution in [0.4, 0.5) is 0 Å². The van der Waals surface area contributed by atoms with Crippen LogP contribution in [-0.4, -0.2) is 33.0 Å². The number of ether oxygens (including phenoxy) is 4. The van der Waals surface area contributed by atoms with Crippen molar-refractivity contribution in [3.05, 3.63) is 89.5 Å². The molecule has 170 valence electrons. The van der Waals surface area contributed by atoms with Gasteiger partial charge in [0.15, 0.2) is 6.10 Å². The molecule has 0 unspecified atom stereocenters. The van der Waals surface area contributed by atoms with E-state index in [4.69, 9.17) is 23.8 Å². The lowest BCUT2D eigenvalue weighted by atomic mass is 9.88. The van der Waals surface area contributed by atoms with Gasteiger partial charge in [0.25, 0.3) is 0 Å². The number of carbonyl (C=O) groups is 1. The van der Waals surface area contributed by atoms with E-state index in [0.717, 1.165) is 11.1 Å². The lowest BCUT2D eigenvalue weighted by Gasteiger charge is -2.20. The third kappa shape index (κ3) is 4.62. The van der Waals surface area contributed by atoms with Crippen LogP contribution in [0.2, 0.25) is 0 Å². The smallest absolute Gasteiger partial charge is 0.319 e. The summed E-state index contributed by atoms with van der Waals surface area (Å²) in [4.78, 5) is 19.2. The van der Waals surface area contributed by atoms with Gasteiger partial charge < -0.3 is 23.8 Å². The van der Waals surface area contributed by atoms with Crippen LogP contribution in [0.3, 0.4) is 0 Å². The zero-order chi connectivity index (χ0) is 23.2. The molecule has 4 rings (SSSR count). The number of rotatable bonds is 8. The Bertz CT molecular complexity index is 1110. The second-order valence-corrected chi connectivity index (χ2v) is 7.39. The third-order valence-corrected chi connectivity index (χ3v) is 5.44. The first-order valence-electron chi connectivity index (χ1n) is 10.5. The SMILES string of the molecule is COc1cc(OC)c(C2=NO[C@H](c3ccccc3)[C@@H]2C(=O)OCc2ccccc2)c(OC)c1. The molecule has 33 heavy (non-hydrogen) atoms. The van der Waals surface area contributed by atoms with Gasteiger partial charge in [-0.05, 0) is 11.1 Å². The van der Waals surface area contributed by atoms with Crippen LogP contribution in [0.15, 0.2) is 78.0 Å². The summed E-state index contributed by atoms with van der Waals surface area (Å²) in [5.74, 6) is 0.164. The number of hydrogen-bond acceptors (Lipinski definition) is 7. The van der Waals surface area contributed by atoms with Crippen LogP contribution in [0.25, 0.3) is 0 Å². The molecule has 2 atom stereocenters. The van der Waals surface area contributed by atoms with Crippen molar-refractivity contribution >= 4 is 11.7 Å². The Labute approximate surface area is 192 Å². The molecule has 0 saturated heterocycles. The van der Waals surface area contributed by atoms with Crippen LogP contribution in [-0.2, 0) is 21.0 Å². The van der Waals surface area contributed by atoms with Gasteiger partial charge in [0.1, 0.15) is 35.5 Å². The number of hydrogen-bond donors (Lipinski definition) is 0. The molecule has 1 heterocycles. The first-order chi connectivity index (χ1) is 16.2. The van der Waals surface area contributed by atoms with Gasteiger partial charge in [-0.2, -0.15) is 0 Å². The Hall–Kier alpha value is -4.00. The van der Waals surface area contributed by atoms with Crippen molar-refractivity contribution in [1.82, 2.24) is 0 Å². The Morgan fingerprint density at radius 2 is 1.48 bits per heavy atom. The van der Waals surface area contributed by atoms with E-state index in [9.17, 15) is 4.79 Å². The maximum atomic E-state index is 13.4. The molecule has 3 aromatic rings. The second kappa shape index (κ2) is 10.1. The summed E-state index contributed by atoms with van der Waals surface area (Å²) in [5, 5.41) is 4.31. The average Bonchev–Trinajstić information content (AvgIpc) is 3.32. The van der Waals surface area contributed by atoms with Gasteiger partial charge in [-0.1, -0.05) is 65.8 Å². The standard InChI is InChI=1S/C26H25NO6/c1-29-19-14-20(30-2)22(21(15-19)31-3)24-23(25(33-27-24)18-12-8-5-9-13-18)26(28)32-16-17-10-6-4-7-11-17/h4-15,23,25H,16H2,1-3H3/t23-,25-/m1/s1. The second-order valence-electron chi connectivity index (χ2n) is 7.39. The van der Waals surface area contributed by atoms with E-state index < -0.39 is 18.0 Å². The maximum Gasteiger partial charge on any atom is 0.319 e. The van der Waals surface area contributed by atoms with Gasteiger partial charge in [-0.3, -0.25) is 4.79 Å². The van der Waals surface area contributed by atoms with Crippen LogP contribution >= 0.6 is 0 Å². The average molecular weight is 447 g/mol. The quantitative estimate of drug-likeness (QED) is 0.472. The van der Waals surface area contributed by atoms with Gasteiger partial charge >= 0.3 is 5.97 Å². The summed E-state index contributed by atoms with van der Waals surface area (Å²) in [6, 6.07) is 22.4. The van der Waals surface area contributed by atoms with Gasteiger partial charge in [-0.25, -0.2) is 0 Å². The maximum absolute atomic E-state index is 13.4. The molecule has 0 bridgehead atoms. The first kappa shape index (κ1) is 22.2. The Balaban J connectivity index is 1.73. The highest BCUT2D eigenvalue weighted by molar-refractivity contribution is 6.15. The largest absolute Gasteiger partial charge is 0.496 e. The van der Waals surface area contributed by atoms with Crippen LogP contribution in [0.5, 0.6) is 17.2 Å². The van der Waals surface area contributed by atoms with E-state index in [1.54, 1.807) is 19.2 Å². The van der Waals surface area contributed by atoms with Crippen molar-refractivity contribution < 1.29 is 28.6 Å². The summed E-state index contributed by atoms with van der Waals surface area (Å²) >= 11 is 0. The third-order valence-electron chi connectivity index (χ3n) is 5.44. The van der Waals surface area contributed by atoms with Crippen LogP contribution in [0.1, 0.15) is 22.8 Å². The van der Waals surface area contributed by atoms with Crippen LogP contribution in [0, 0.1) is 5.92 Å². The molecular formula is C26H25NO6. The molecule has 7 heteroatoms. The molecule has 0 N–H and O–H groups in total. The number of oxime groups is 1. The molecule has 0 radical (unpaired) electrons. The predicted molar refractivity (Wildman–Crippen MR) is 123 cm³/mol. The zero-order valence-electron chi connectivity index (χ0n) is 18.7. The highest BCUT2D eigenvalue weighted by Crippen LogP contribution is 2.42. The van der Waals surface area contributed by atoms with E-state index in [2.05, 4.69) is 5.16 Å². The van der Waals surface area contributed by atoms with Crippen molar-refractivity contribution in [2.45, 2.75) is 12.7 Å². The number of esters is 1. The Morgan fingerprint density at radius 1 is 0.879 bits per heavy atom. The van der Waals surface area contributed by atoms with Gasteiger partial charge in [-0.15, -0.1) is 0 Å². The molecule has 0 aromatic heterocycles. The van der Waals surface area contributed by atoms with Crippen molar-refractivity contribution in [3.63, 3.8) is 0 Å². The zero-order valence-corrected chi connectivity index (χ0v) is 18.7. The fourth-order valence-corrected chi connectivity index (χ4v) is 3.78. The summed E-state index contributed by atoms with van der Waals surface area (Å²) < 4.78 is 22.2. The summed E-state index contributed by atoms with van der Waals surface area (Å²) in [6.45, 7) is 0.141. The van der Waals surface area contributed by atoms with Gasteiger partial charge in [0.2, 0.25) is 0 Å². The highest BCUT2D eigenvalue weighted by atomic mass is 16.6. The molecule has 0 aliphatic carbocycles. The fraction of sp³-hybridized carbons (Fsp3) is 0.231. The van der Waals surface area contributed by atoms with Crippen molar-refractivity contribution in [2.75, 3.05) is 21.3 Å². The van der Waals surface area contributed by atoms with Crippen molar-refractivity contribution in [1.29, 1.82) is 0 Å². The number of carbonyl (C=O) groups excluding carboxylic acids is 1.